The Balaban J connectivity index is 2.55. The molecule has 0 spiro atoms. The van der Waals surface area contributed by atoms with Crippen LogP contribution in [0.3, 0.4) is 0 Å². The molecule has 2 nitrogen and oxygen atoms in total. The zero-order valence-electron chi connectivity index (χ0n) is 7.93. The molecule has 0 radical (unpaired) electrons. The van der Waals surface area contributed by atoms with Gasteiger partial charge in [-0.3, -0.25) is 0 Å². The summed E-state index contributed by atoms with van der Waals surface area (Å²) in [5.41, 5.74) is 0.846. The smallest absolute Gasteiger partial charge is 0.137 e. The molecule has 0 aromatic heterocycles. The summed E-state index contributed by atoms with van der Waals surface area (Å²) in [7, 11) is 0. The molecular weight excluding hydrogens is 249 g/mol. The van der Waals surface area contributed by atoms with Gasteiger partial charge in [0.05, 0.1) is 4.47 Å². The number of nitrogens with one attached hydrogen (secondary N) is 1. The summed E-state index contributed by atoms with van der Waals surface area (Å²) >= 11 is 3.11. The lowest BCUT2D eigenvalue weighted by Crippen LogP contribution is -2.14. The van der Waals surface area contributed by atoms with E-state index in [2.05, 4.69) is 21.2 Å². The maximum absolute atomic E-state index is 12.8. The van der Waals surface area contributed by atoms with Gasteiger partial charge >= 0.3 is 0 Å². The monoisotopic (exact) mass is 261 g/mol. The summed E-state index contributed by atoms with van der Waals surface area (Å²) in [6.45, 7) is 2.76. The van der Waals surface area contributed by atoms with Crippen LogP contribution in [0.15, 0.2) is 22.7 Å². The third-order valence-electron chi connectivity index (χ3n) is 1.89. The van der Waals surface area contributed by atoms with Crippen molar-refractivity contribution in [2.45, 2.75) is 6.92 Å². The molecule has 0 saturated heterocycles. The van der Waals surface area contributed by atoms with Gasteiger partial charge in [-0.2, -0.15) is 0 Å². The number of hydrogen-bond donors (Lipinski definition) is 2. The van der Waals surface area contributed by atoms with E-state index < -0.39 is 0 Å². The first-order valence-electron chi connectivity index (χ1n) is 4.43. The number of hydrogen-bond acceptors (Lipinski definition) is 2. The van der Waals surface area contributed by atoms with Crippen molar-refractivity contribution in [3.05, 3.63) is 28.5 Å². The van der Waals surface area contributed by atoms with Gasteiger partial charge in [-0.15, -0.1) is 0 Å². The van der Waals surface area contributed by atoms with E-state index in [4.69, 9.17) is 5.11 Å². The van der Waals surface area contributed by atoms with Gasteiger partial charge in [0.1, 0.15) is 5.82 Å². The highest BCUT2D eigenvalue weighted by Gasteiger charge is 2.02. The summed E-state index contributed by atoms with van der Waals surface area (Å²) in [5, 5.41) is 11.9. The second-order valence-corrected chi connectivity index (χ2v) is 4.15. The van der Waals surface area contributed by atoms with Crippen molar-refractivity contribution in [2.24, 2.45) is 5.92 Å². The van der Waals surface area contributed by atoms with E-state index in [0.717, 1.165) is 5.69 Å². The molecule has 0 aliphatic carbocycles. The van der Waals surface area contributed by atoms with Crippen molar-refractivity contribution in [3.63, 3.8) is 0 Å². The molecular formula is C10H13BrFNO. The van der Waals surface area contributed by atoms with E-state index in [1.54, 1.807) is 12.1 Å². The first-order valence-corrected chi connectivity index (χ1v) is 5.22. The van der Waals surface area contributed by atoms with Crippen molar-refractivity contribution < 1.29 is 9.50 Å². The third kappa shape index (κ3) is 3.27. The van der Waals surface area contributed by atoms with Gasteiger partial charge in [0, 0.05) is 18.8 Å². The van der Waals surface area contributed by atoms with E-state index in [9.17, 15) is 4.39 Å². The molecule has 0 heterocycles. The number of rotatable bonds is 4. The second-order valence-electron chi connectivity index (χ2n) is 3.30. The van der Waals surface area contributed by atoms with Crippen LogP contribution in [0.5, 0.6) is 0 Å². The Kier molecular flexibility index (Phi) is 4.35. The largest absolute Gasteiger partial charge is 0.396 e. The second kappa shape index (κ2) is 5.32. The highest BCUT2D eigenvalue weighted by atomic mass is 79.9. The Bertz CT molecular complexity index is 306. The minimum Gasteiger partial charge on any atom is -0.396 e. The summed E-state index contributed by atoms with van der Waals surface area (Å²) in [6, 6.07) is 4.75. The van der Waals surface area contributed by atoms with Crippen molar-refractivity contribution in [3.8, 4) is 0 Å². The van der Waals surface area contributed by atoms with Crippen molar-refractivity contribution in [1.29, 1.82) is 0 Å². The van der Waals surface area contributed by atoms with Crippen molar-refractivity contribution in [1.82, 2.24) is 0 Å². The van der Waals surface area contributed by atoms with Crippen LogP contribution in [0.2, 0.25) is 0 Å². The summed E-state index contributed by atoms with van der Waals surface area (Å²) in [6.07, 6.45) is 0. The van der Waals surface area contributed by atoms with Crippen LogP contribution in [-0.4, -0.2) is 18.3 Å². The lowest BCUT2D eigenvalue weighted by atomic mass is 10.2. The predicted molar refractivity (Wildman–Crippen MR) is 58.8 cm³/mol. The highest BCUT2D eigenvalue weighted by Crippen LogP contribution is 2.19. The maximum atomic E-state index is 12.8. The topological polar surface area (TPSA) is 32.3 Å². The molecule has 0 saturated carbocycles. The average Bonchev–Trinajstić information content (AvgIpc) is 2.19. The molecule has 0 aliphatic rings. The third-order valence-corrected chi connectivity index (χ3v) is 2.49. The number of aliphatic hydroxyl groups is 1. The first kappa shape index (κ1) is 11.5. The highest BCUT2D eigenvalue weighted by molar-refractivity contribution is 9.10. The van der Waals surface area contributed by atoms with Crippen molar-refractivity contribution in [2.75, 3.05) is 18.5 Å². The fraction of sp³-hybridized carbons (Fsp3) is 0.400. The van der Waals surface area contributed by atoms with E-state index in [-0.39, 0.29) is 18.3 Å². The van der Waals surface area contributed by atoms with Crippen LogP contribution >= 0.6 is 15.9 Å². The van der Waals surface area contributed by atoms with Crippen LogP contribution in [0.25, 0.3) is 0 Å². The van der Waals surface area contributed by atoms with E-state index in [1.807, 2.05) is 6.92 Å². The van der Waals surface area contributed by atoms with Gasteiger partial charge in [-0.1, -0.05) is 6.92 Å². The minimum absolute atomic E-state index is 0.148. The molecule has 1 unspecified atom stereocenters. The molecule has 1 aromatic carbocycles. The summed E-state index contributed by atoms with van der Waals surface area (Å²) < 4.78 is 13.3. The first-order chi connectivity index (χ1) is 6.63. The van der Waals surface area contributed by atoms with Gasteiger partial charge in [0.25, 0.3) is 0 Å². The molecule has 14 heavy (non-hydrogen) atoms. The van der Waals surface area contributed by atoms with E-state index in [1.165, 1.54) is 6.07 Å². The molecule has 78 valence electrons. The lowest BCUT2D eigenvalue weighted by molar-refractivity contribution is 0.244. The van der Waals surface area contributed by atoms with Crippen LogP contribution in [-0.2, 0) is 0 Å². The Hall–Kier alpha value is -0.610. The van der Waals surface area contributed by atoms with Crippen LogP contribution in [0.4, 0.5) is 10.1 Å². The van der Waals surface area contributed by atoms with Crippen LogP contribution in [0, 0.1) is 11.7 Å². The normalized spacial score (nSPS) is 12.6. The van der Waals surface area contributed by atoms with E-state index in [0.29, 0.717) is 11.0 Å². The minimum atomic E-state index is -0.272. The average molecular weight is 262 g/mol. The SMILES string of the molecule is CC(CO)CNc1ccc(F)c(Br)c1. The molecule has 1 rings (SSSR count). The number of halogens is 2. The standard InChI is InChI=1S/C10H13BrFNO/c1-7(6-14)5-13-8-2-3-10(12)9(11)4-8/h2-4,7,13-14H,5-6H2,1H3. The maximum Gasteiger partial charge on any atom is 0.137 e. The van der Waals surface area contributed by atoms with Gasteiger partial charge in [-0.25, -0.2) is 4.39 Å². The number of anilines is 1. The zero-order chi connectivity index (χ0) is 10.6. The Morgan fingerprint density at radius 3 is 2.86 bits per heavy atom. The van der Waals surface area contributed by atoms with Gasteiger partial charge in [-0.05, 0) is 40.0 Å². The molecule has 0 amide bonds. The van der Waals surface area contributed by atoms with Crippen LogP contribution < -0.4 is 5.32 Å². The Labute approximate surface area is 91.3 Å². The molecule has 0 bridgehead atoms. The van der Waals surface area contributed by atoms with Gasteiger partial charge in [0.2, 0.25) is 0 Å². The van der Waals surface area contributed by atoms with Gasteiger partial charge < -0.3 is 10.4 Å². The molecule has 0 fully saturated rings. The lowest BCUT2D eigenvalue weighted by Gasteiger charge is -2.11. The van der Waals surface area contributed by atoms with Gasteiger partial charge in [0.15, 0.2) is 0 Å². The fourth-order valence-corrected chi connectivity index (χ4v) is 1.34. The quantitative estimate of drug-likeness (QED) is 0.874. The number of benzene rings is 1. The molecule has 0 aliphatic heterocycles. The molecule has 1 aromatic rings. The Morgan fingerprint density at radius 1 is 1.57 bits per heavy atom. The molecule has 4 heteroatoms. The Morgan fingerprint density at radius 2 is 2.29 bits per heavy atom. The van der Waals surface area contributed by atoms with Crippen molar-refractivity contribution >= 4 is 21.6 Å². The summed E-state index contributed by atoms with van der Waals surface area (Å²) in [4.78, 5) is 0. The zero-order valence-corrected chi connectivity index (χ0v) is 9.51. The fourth-order valence-electron chi connectivity index (χ4n) is 0.963. The number of aliphatic hydroxyl groups excluding tert-OH is 1. The molecule has 1 atom stereocenters. The van der Waals surface area contributed by atoms with E-state index >= 15 is 0 Å². The predicted octanol–water partition coefficient (Wildman–Crippen LogP) is 2.63. The van der Waals surface area contributed by atoms with Crippen LogP contribution in [0.1, 0.15) is 6.92 Å². The summed E-state index contributed by atoms with van der Waals surface area (Å²) in [5.74, 6) is -0.0791. The molecule has 2 N–H and O–H groups in total.